The molecule has 4 aromatic carbocycles. The molecule has 4 unspecified atom stereocenters. The third-order valence-corrected chi connectivity index (χ3v) is 21.0. The molecule has 4 atom stereocenters. The van der Waals surface area contributed by atoms with Gasteiger partial charge < -0.3 is 29.9 Å². The fourth-order valence-corrected chi connectivity index (χ4v) is 17.0. The van der Waals surface area contributed by atoms with Crippen LogP contribution in [-0.2, 0) is 4.79 Å². The van der Waals surface area contributed by atoms with Gasteiger partial charge in [0.2, 0.25) is 0 Å². The van der Waals surface area contributed by atoms with Crippen molar-refractivity contribution in [3.63, 3.8) is 0 Å². The summed E-state index contributed by atoms with van der Waals surface area (Å²) in [5, 5.41) is 8.58. The monoisotopic (exact) mass is 1170 g/mol. The Hall–Kier alpha value is -7.84. The summed E-state index contributed by atoms with van der Waals surface area (Å²) in [7, 11) is 0. The van der Waals surface area contributed by atoms with E-state index in [0.29, 0.717) is 96.5 Å². The van der Waals surface area contributed by atoms with Crippen molar-refractivity contribution in [3.05, 3.63) is 108 Å². The summed E-state index contributed by atoms with van der Waals surface area (Å²) in [5.74, 6) is -1.20. The summed E-state index contributed by atoms with van der Waals surface area (Å²) in [6.07, 6.45) is 15.7. The maximum absolute atomic E-state index is 17.9. The van der Waals surface area contributed by atoms with E-state index >= 15 is 17.6 Å². The van der Waals surface area contributed by atoms with Crippen LogP contribution in [-0.4, -0.2) is 134 Å². The molecule has 20 heteroatoms. The summed E-state index contributed by atoms with van der Waals surface area (Å²) in [6.45, 7) is 6.06. The number of ketones is 1. The molecular weight excluding hydrogens is 1100 g/mol. The minimum absolute atomic E-state index is 0.0216. The van der Waals surface area contributed by atoms with E-state index in [1.54, 1.807) is 48.8 Å². The summed E-state index contributed by atoms with van der Waals surface area (Å²) in [4.78, 5) is 63.5. The molecule has 16 nitrogen and oxygen atoms in total. The summed E-state index contributed by atoms with van der Waals surface area (Å²) in [5.41, 5.74) is 0.125. The van der Waals surface area contributed by atoms with E-state index in [9.17, 15) is 9.59 Å². The maximum atomic E-state index is 17.9. The van der Waals surface area contributed by atoms with Crippen LogP contribution in [0.4, 0.5) is 34.0 Å². The fourth-order valence-electron chi connectivity index (χ4n) is 17.0. The minimum atomic E-state index is -0.738. The molecule has 2 amide bonds. The highest BCUT2D eigenvalue weighted by atomic mass is 19.1. The fraction of sp³-hybridized carbons (Fsp3) is 0.455. The van der Waals surface area contributed by atoms with Crippen LogP contribution in [0.5, 0.6) is 12.0 Å². The average molecular weight is 1170 g/mol. The first kappa shape index (κ1) is 53.6. The zero-order valence-electron chi connectivity index (χ0n) is 47.9. The summed E-state index contributed by atoms with van der Waals surface area (Å²) in [6, 6.07) is 18.3. The normalized spacial score (nSPS) is 25.6. The highest BCUT2D eigenvalue weighted by Crippen LogP contribution is 2.52. The lowest BCUT2D eigenvalue weighted by Crippen LogP contribution is -2.56. The SMILES string of the molecule is O=C1CCC2(CCCN(c3nc(OCC45CCCN4CCC5)nc4c(F)c(-c5cccc6c(C7CCC8(COc9nc(N%10CCCC%11(CNC(=O)N%11)C%10)c%10cnc(-c%11cccc%12cccc(F)c%11%12)c(F)c%10n9)CCCN78)ccc(F)c56)ncc34)C2)C1. The predicted octanol–water partition coefficient (Wildman–Crippen LogP) is 11.3. The largest absolute Gasteiger partial charge is 0.461 e. The Morgan fingerprint density at radius 1 is 0.593 bits per heavy atom. The Morgan fingerprint density at radius 2 is 1.21 bits per heavy atom. The number of rotatable bonds is 11. The Kier molecular flexibility index (Phi) is 12.7. The van der Waals surface area contributed by atoms with Gasteiger partial charge in [-0.15, -0.1) is 0 Å². The number of piperidine rings is 2. The van der Waals surface area contributed by atoms with E-state index in [4.69, 9.17) is 34.4 Å². The quantitative estimate of drug-likeness (QED) is 0.117. The molecule has 8 aliphatic rings. The van der Waals surface area contributed by atoms with Crippen LogP contribution < -0.4 is 29.9 Å². The number of fused-ring (bicyclic) bond motifs is 6. The van der Waals surface area contributed by atoms with Gasteiger partial charge in [-0.2, -0.15) is 19.9 Å². The molecule has 8 aromatic rings. The highest BCUT2D eigenvalue weighted by molar-refractivity contribution is 6.02. The van der Waals surface area contributed by atoms with Crippen molar-refractivity contribution in [2.45, 2.75) is 119 Å². The van der Waals surface area contributed by atoms with Gasteiger partial charge in [-0.3, -0.25) is 24.6 Å². The van der Waals surface area contributed by atoms with Crippen molar-refractivity contribution in [3.8, 4) is 34.5 Å². The van der Waals surface area contributed by atoms with Crippen molar-refractivity contribution in [1.29, 1.82) is 0 Å². The number of hydrogen-bond acceptors (Lipinski definition) is 14. The summed E-state index contributed by atoms with van der Waals surface area (Å²) >= 11 is 0. The number of halogens is 4. The van der Waals surface area contributed by atoms with Crippen molar-refractivity contribution >= 4 is 66.8 Å². The van der Waals surface area contributed by atoms with Gasteiger partial charge >= 0.3 is 18.1 Å². The van der Waals surface area contributed by atoms with Crippen LogP contribution in [0.15, 0.2) is 79.1 Å². The number of amides is 2. The van der Waals surface area contributed by atoms with Gasteiger partial charge in [-0.1, -0.05) is 54.6 Å². The van der Waals surface area contributed by atoms with E-state index in [-0.39, 0.29) is 80.6 Å². The molecule has 0 bridgehead atoms. The van der Waals surface area contributed by atoms with E-state index in [0.717, 1.165) is 109 Å². The van der Waals surface area contributed by atoms with Gasteiger partial charge in [0, 0.05) is 85.9 Å². The standard InChI is InChI=1S/C66H66F4N12O4/c67-47-14-2-10-39-9-1-12-43(50(39)47)54-52(69)57-46(33-71-54)59(80-27-5-20-64(36-80)34-73-60(84)78-64)77-62(75-57)86-38-66-23-8-30-82(66)49(18-25-66)41-15-16-48(68)51-42(41)11-3-13-44(51)55-53(70)56-45(32-72-55)58(79-26-4-19-63(35-79)24-17-40(83)31-63)76-61(74-56)85-37-65-21-6-28-81(65)29-7-22-65/h1-3,9-16,32-33,49H,4-8,17-31,34-38H2,(H2,73,78,84). The molecule has 2 spiro atoms. The van der Waals surface area contributed by atoms with Gasteiger partial charge in [0.05, 0.1) is 27.4 Å². The number of pyridine rings is 2. The third kappa shape index (κ3) is 8.72. The number of nitrogens with one attached hydrogen (secondary N) is 2. The Bertz CT molecular complexity index is 4120. The second-order valence-corrected chi connectivity index (χ2v) is 26.0. The second kappa shape index (κ2) is 20.4. The number of urea groups is 1. The van der Waals surface area contributed by atoms with Gasteiger partial charge in [-0.05, 0) is 137 Å². The Morgan fingerprint density at radius 3 is 1.90 bits per heavy atom. The number of carbonyl (C=O) groups is 2. The van der Waals surface area contributed by atoms with E-state index in [2.05, 4.69) is 30.3 Å². The molecule has 16 rings (SSSR count). The maximum Gasteiger partial charge on any atom is 0.319 e. The molecule has 2 N–H and O–H groups in total. The van der Waals surface area contributed by atoms with Gasteiger partial charge in [-0.25, -0.2) is 22.4 Å². The first-order valence-corrected chi connectivity index (χ1v) is 30.8. The summed E-state index contributed by atoms with van der Waals surface area (Å²) < 4.78 is 81.1. The van der Waals surface area contributed by atoms with E-state index < -0.39 is 34.3 Å². The lowest BCUT2D eigenvalue weighted by molar-refractivity contribution is -0.118. The number of carbonyl (C=O) groups excluding carboxylic acids is 2. The molecule has 11 heterocycles. The third-order valence-electron chi connectivity index (χ3n) is 21.0. The van der Waals surface area contributed by atoms with Crippen molar-refractivity contribution in [2.75, 3.05) is 75.4 Å². The van der Waals surface area contributed by atoms with Gasteiger partial charge in [0.25, 0.3) is 0 Å². The van der Waals surface area contributed by atoms with E-state index in [1.807, 2.05) is 23.1 Å². The van der Waals surface area contributed by atoms with Crippen LogP contribution >= 0.6 is 0 Å². The molecule has 1 saturated carbocycles. The Balaban J connectivity index is 0.733. The lowest BCUT2D eigenvalue weighted by Gasteiger charge is -2.41. The second-order valence-electron chi connectivity index (χ2n) is 26.0. The van der Waals surface area contributed by atoms with Crippen molar-refractivity contribution < 1.29 is 36.6 Å². The van der Waals surface area contributed by atoms with Crippen molar-refractivity contribution in [2.24, 2.45) is 5.41 Å². The van der Waals surface area contributed by atoms with Crippen LogP contribution in [0.25, 0.3) is 65.9 Å². The van der Waals surface area contributed by atoms with Crippen LogP contribution in [0.3, 0.4) is 0 Å². The number of nitrogens with zero attached hydrogens (tertiary/aromatic N) is 10. The molecule has 7 aliphatic heterocycles. The highest BCUT2D eigenvalue weighted by Gasteiger charge is 2.51. The smallest absolute Gasteiger partial charge is 0.319 e. The molecule has 8 fully saturated rings. The van der Waals surface area contributed by atoms with Crippen LogP contribution in [0.2, 0.25) is 0 Å². The number of anilines is 2. The topological polar surface area (TPSA) is 167 Å². The van der Waals surface area contributed by atoms with Crippen LogP contribution in [0.1, 0.15) is 108 Å². The molecule has 4 aromatic heterocycles. The molecule has 86 heavy (non-hydrogen) atoms. The number of benzene rings is 4. The van der Waals surface area contributed by atoms with Crippen molar-refractivity contribution in [1.82, 2.24) is 50.3 Å². The number of Topliss-reactive ketones (excluding diaryl/α,β-unsaturated/α-hetero) is 1. The molecule has 7 saturated heterocycles. The predicted molar refractivity (Wildman–Crippen MR) is 318 cm³/mol. The zero-order chi connectivity index (χ0) is 58.1. The molecular formula is C66H66F4N12O4. The van der Waals surface area contributed by atoms with Crippen LogP contribution in [0, 0.1) is 28.7 Å². The van der Waals surface area contributed by atoms with E-state index in [1.165, 1.54) is 12.1 Å². The number of aromatic nitrogens is 6. The van der Waals surface area contributed by atoms with Gasteiger partial charge in [0.1, 0.15) is 64.7 Å². The minimum Gasteiger partial charge on any atom is -0.461 e. The molecule has 0 radical (unpaired) electrons. The average Bonchev–Trinajstić information content (AvgIpc) is 2.49. The number of ether oxygens (including phenoxy) is 2. The molecule has 442 valence electrons. The first-order valence-electron chi connectivity index (χ1n) is 30.8. The zero-order valence-corrected chi connectivity index (χ0v) is 47.9. The number of hydrogen-bond donors (Lipinski definition) is 2. The Labute approximate surface area is 494 Å². The first-order chi connectivity index (χ1) is 41.9. The van der Waals surface area contributed by atoms with Gasteiger partial charge in [0.15, 0.2) is 11.6 Å². The molecule has 1 aliphatic carbocycles. The lowest BCUT2D eigenvalue weighted by atomic mass is 9.78.